The molecular formula is C13H20N2O2. The molecule has 0 radical (unpaired) electrons. The molecule has 2 rings (SSSR count). The molecule has 17 heavy (non-hydrogen) atoms. The third-order valence-electron chi connectivity index (χ3n) is 3.35. The average Bonchev–Trinajstić information content (AvgIpc) is 2.69. The van der Waals surface area contributed by atoms with Gasteiger partial charge in [0.2, 0.25) is 0 Å². The van der Waals surface area contributed by atoms with Gasteiger partial charge >= 0.3 is 0 Å². The topological polar surface area (TPSA) is 56.3 Å². The minimum Gasteiger partial charge on any atom is -0.389 e. The van der Waals surface area contributed by atoms with Crippen LogP contribution in [0.15, 0.2) is 6.07 Å². The highest BCUT2D eigenvalue weighted by atomic mass is 16.3. The molecule has 2 N–H and O–H groups in total. The van der Waals surface area contributed by atoms with E-state index in [1.807, 2.05) is 31.7 Å². The van der Waals surface area contributed by atoms with Gasteiger partial charge in [0.1, 0.15) is 0 Å². The Labute approximate surface area is 102 Å². The number of likely N-dealkylation sites (tertiary alicyclic amines) is 1. The Morgan fingerprint density at radius 2 is 2.29 bits per heavy atom. The number of rotatable bonds is 3. The van der Waals surface area contributed by atoms with E-state index in [-0.39, 0.29) is 5.78 Å². The van der Waals surface area contributed by atoms with Crippen LogP contribution in [0.3, 0.4) is 0 Å². The molecule has 1 fully saturated rings. The third kappa shape index (κ3) is 2.76. The summed E-state index contributed by atoms with van der Waals surface area (Å²) in [6, 6.07) is 1.89. The normalized spacial score (nSPS) is 25.4. The number of carbonyl (C=O) groups is 1. The average molecular weight is 236 g/mol. The smallest absolute Gasteiger partial charge is 0.178 e. The summed E-state index contributed by atoms with van der Waals surface area (Å²) in [7, 11) is 0. The van der Waals surface area contributed by atoms with Gasteiger partial charge < -0.3 is 10.1 Å². The van der Waals surface area contributed by atoms with Crippen LogP contribution in [-0.4, -0.2) is 46.0 Å². The summed E-state index contributed by atoms with van der Waals surface area (Å²) in [5, 5.41) is 9.85. The first kappa shape index (κ1) is 12.3. The van der Waals surface area contributed by atoms with Crippen LogP contribution < -0.4 is 0 Å². The quantitative estimate of drug-likeness (QED) is 0.777. The van der Waals surface area contributed by atoms with Crippen LogP contribution in [0.1, 0.15) is 35.1 Å². The van der Waals surface area contributed by atoms with Crippen molar-refractivity contribution in [2.45, 2.75) is 32.8 Å². The Morgan fingerprint density at radius 1 is 1.59 bits per heavy atom. The van der Waals surface area contributed by atoms with E-state index in [2.05, 4.69) is 4.98 Å². The molecule has 0 spiro atoms. The number of Topliss-reactive ketones (excluding diaryl/α,β-unsaturated/α-hetero) is 1. The number of hydrogen-bond acceptors (Lipinski definition) is 3. The highest BCUT2D eigenvalue weighted by molar-refractivity contribution is 5.98. The minimum absolute atomic E-state index is 0.129. The van der Waals surface area contributed by atoms with Crippen LogP contribution in [0, 0.1) is 13.8 Å². The lowest BCUT2D eigenvalue weighted by atomic mass is 10.1. The number of hydrogen-bond donors (Lipinski definition) is 2. The molecule has 1 saturated heterocycles. The Morgan fingerprint density at radius 3 is 2.76 bits per heavy atom. The first-order valence-electron chi connectivity index (χ1n) is 6.01. The SMILES string of the molecule is Cc1cc(C(=O)CN2CCC(C)(O)C2)c(C)[nH]1. The number of aromatic amines is 1. The van der Waals surface area contributed by atoms with Gasteiger partial charge in [-0.05, 0) is 33.3 Å². The monoisotopic (exact) mass is 236 g/mol. The number of nitrogens with one attached hydrogen (secondary N) is 1. The maximum Gasteiger partial charge on any atom is 0.178 e. The predicted octanol–water partition coefficient (Wildman–Crippen LogP) is 1.27. The van der Waals surface area contributed by atoms with E-state index in [9.17, 15) is 9.90 Å². The van der Waals surface area contributed by atoms with Crippen molar-refractivity contribution in [3.63, 3.8) is 0 Å². The molecular weight excluding hydrogens is 216 g/mol. The lowest BCUT2D eigenvalue weighted by Crippen LogP contribution is -2.33. The molecule has 0 bridgehead atoms. The molecule has 0 aliphatic carbocycles. The second kappa shape index (κ2) is 4.27. The summed E-state index contributed by atoms with van der Waals surface area (Å²) in [4.78, 5) is 17.3. The van der Waals surface area contributed by atoms with Crippen molar-refractivity contribution in [3.8, 4) is 0 Å². The number of H-pyrrole nitrogens is 1. The Balaban J connectivity index is 2.01. The molecule has 1 atom stereocenters. The number of nitrogens with zero attached hydrogens (tertiary/aromatic N) is 1. The molecule has 1 unspecified atom stereocenters. The van der Waals surface area contributed by atoms with Crippen LogP contribution >= 0.6 is 0 Å². The zero-order chi connectivity index (χ0) is 12.6. The standard InChI is InChI=1S/C13H20N2O2/c1-9-6-11(10(2)14-9)12(16)7-15-5-4-13(3,17)8-15/h6,14,17H,4-5,7-8H2,1-3H3. The van der Waals surface area contributed by atoms with Crippen LogP contribution in [0.4, 0.5) is 0 Å². The van der Waals surface area contributed by atoms with E-state index in [0.717, 1.165) is 29.9 Å². The number of β-amino-alcohol motifs (C(OH)–C–C–N with tert-alkyl or cyclic N) is 1. The summed E-state index contributed by atoms with van der Waals surface area (Å²) in [6.45, 7) is 7.46. The van der Waals surface area contributed by atoms with Crippen molar-refractivity contribution in [2.75, 3.05) is 19.6 Å². The molecule has 1 aliphatic rings. The van der Waals surface area contributed by atoms with Crippen LogP contribution in [0.5, 0.6) is 0 Å². The number of ketones is 1. The summed E-state index contributed by atoms with van der Waals surface area (Å²) in [6.07, 6.45) is 0.741. The van der Waals surface area contributed by atoms with Gasteiger partial charge in [-0.1, -0.05) is 0 Å². The fraction of sp³-hybridized carbons (Fsp3) is 0.615. The van der Waals surface area contributed by atoms with Crippen LogP contribution in [0.25, 0.3) is 0 Å². The Hall–Kier alpha value is -1.13. The molecule has 94 valence electrons. The summed E-state index contributed by atoms with van der Waals surface area (Å²) in [5.74, 6) is 0.129. The van der Waals surface area contributed by atoms with Crippen molar-refractivity contribution in [1.82, 2.24) is 9.88 Å². The molecule has 0 aromatic carbocycles. The summed E-state index contributed by atoms with van der Waals surface area (Å²) < 4.78 is 0. The molecule has 4 heteroatoms. The van der Waals surface area contributed by atoms with Gasteiger partial charge in [0.25, 0.3) is 0 Å². The number of aromatic nitrogens is 1. The molecule has 1 aromatic heterocycles. The van der Waals surface area contributed by atoms with E-state index in [1.165, 1.54) is 0 Å². The first-order chi connectivity index (χ1) is 7.87. The predicted molar refractivity (Wildman–Crippen MR) is 66.3 cm³/mol. The largest absolute Gasteiger partial charge is 0.389 e. The lowest BCUT2D eigenvalue weighted by Gasteiger charge is -2.17. The van der Waals surface area contributed by atoms with Gasteiger partial charge in [0, 0.05) is 30.0 Å². The first-order valence-corrected chi connectivity index (χ1v) is 6.01. The van der Waals surface area contributed by atoms with Gasteiger partial charge in [-0.15, -0.1) is 0 Å². The van der Waals surface area contributed by atoms with E-state index in [4.69, 9.17) is 0 Å². The van der Waals surface area contributed by atoms with Crippen molar-refractivity contribution < 1.29 is 9.90 Å². The van der Waals surface area contributed by atoms with Gasteiger partial charge in [0.05, 0.1) is 12.1 Å². The van der Waals surface area contributed by atoms with E-state index >= 15 is 0 Å². The molecule has 0 amide bonds. The second-order valence-corrected chi connectivity index (χ2v) is 5.37. The van der Waals surface area contributed by atoms with Crippen LogP contribution in [0.2, 0.25) is 0 Å². The maximum absolute atomic E-state index is 12.1. The van der Waals surface area contributed by atoms with Crippen molar-refractivity contribution in [3.05, 3.63) is 23.0 Å². The van der Waals surface area contributed by atoms with E-state index in [1.54, 1.807) is 0 Å². The van der Waals surface area contributed by atoms with E-state index < -0.39 is 5.60 Å². The summed E-state index contributed by atoms with van der Waals surface area (Å²) in [5.41, 5.74) is 2.08. The molecule has 0 saturated carbocycles. The minimum atomic E-state index is -0.636. The van der Waals surface area contributed by atoms with E-state index in [0.29, 0.717) is 13.1 Å². The lowest BCUT2D eigenvalue weighted by molar-refractivity contribution is 0.0669. The highest BCUT2D eigenvalue weighted by Gasteiger charge is 2.32. The van der Waals surface area contributed by atoms with Gasteiger partial charge in [-0.25, -0.2) is 0 Å². The van der Waals surface area contributed by atoms with Crippen molar-refractivity contribution >= 4 is 5.78 Å². The Kier molecular flexibility index (Phi) is 3.10. The Bertz CT molecular complexity index is 435. The van der Waals surface area contributed by atoms with Gasteiger partial charge in [-0.2, -0.15) is 0 Å². The van der Waals surface area contributed by atoms with Crippen molar-refractivity contribution in [2.24, 2.45) is 0 Å². The highest BCUT2D eigenvalue weighted by Crippen LogP contribution is 2.20. The second-order valence-electron chi connectivity index (χ2n) is 5.37. The van der Waals surface area contributed by atoms with Crippen LogP contribution in [-0.2, 0) is 0 Å². The summed E-state index contributed by atoms with van der Waals surface area (Å²) >= 11 is 0. The molecule has 4 nitrogen and oxygen atoms in total. The van der Waals surface area contributed by atoms with Gasteiger partial charge in [-0.3, -0.25) is 9.69 Å². The number of aryl methyl sites for hydroxylation is 2. The molecule has 1 aliphatic heterocycles. The zero-order valence-electron chi connectivity index (χ0n) is 10.7. The van der Waals surface area contributed by atoms with Gasteiger partial charge in [0.15, 0.2) is 5.78 Å². The zero-order valence-corrected chi connectivity index (χ0v) is 10.7. The fourth-order valence-electron chi connectivity index (χ4n) is 2.48. The molecule has 2 heterocycles. The van der Waals surface area contributed by atoms with Crippen molar-refractivity contribution in [1.29, 1.82) is 0 Å². The molecule has 1 aromatic rings. The fourth-order valence-corrected chi connectivity index (χ4v) is 2.48. The number of carbonyl (C=O) groups excluding carboxylic acids is 1. The maximum atomic E-state index is 12.1. The third-order valence-corrected chi connectivity index (χ3v) is 3.35. The number of aliphatic hydroxyl groups is 1.